The molecule has 1 aliphatic heterocycles. The van der Waals surface area contributed by atoms with Gasteiger partial charge in [-0.1, -0.05) is 24.3 Å². The number of hydrogen-bond acceptors (Lipinski definition) is 5. The summed E-state index contributed by atoms with van der Waals surface area (Å²) in [7, 11) is 0. The van der Waals surface area contributed by atoms with Crippen molar-refractivity contribution in [2.45, 2.75) is 12.6 Å². The van der Waals surface area contributed by atoms with Gasteiger partial charge in [0.25, 0.3) is 11.7 Å². The predicted molar refractivity (Wildman–Crippen MR) is 115 cm³/mol. The van der Waals surface area contributed by atoms with E-state index in [2.05, 4.69) is 15.0 Å². The topological polar surface area (TPSA) is 99.2 Å². The molecule has 1 fully saturated rings. The molecular weight excluding hydrogens is 392 g/mol. The summed E-state index contributed by atoms with van der Waals surface area (Å²) in [5.41, 5.74) is 2.66. The van der Waals surface area contributed by atoms with Gasteiger partial charge < -0.3 is 15.0 Å². The molecule has 1 atom stereocenters. The fourth-order valence-corrected chi connectivity index (χ4v) is 3.99. The van der Waals surface area contributed by atoms with Crippen molar-refractivity contribution in [1.29, 1.82) is 0 Å². The Hall–Kier alpha value is -4.26. The Labute approximate surface area is 177 Å². The minimum Gasteiger partial charge on any atom is -0.507 e. The van der Waals surface area contributed by atoms with Crippen LogP contribution >= 0.6 is 0 Å². The van der Waals surface area contributed by atoms with Gasteiger partial charge in [-0.05, 0) is 35.9 Å². The van der Waals surface area contributed by atoms with Crippen LogP contribution < -0.4 is 0 Å². The number of pyridine rings is 2. The number of aliphatic hydroxyl groups is 1. The van der Waals surface area contributed by atoms with Crippen LogP contribution in [0.15, 0.2) is 85.0 Å². The standard InChI is InChI=1S/C24H18N4O3/c29-22(17-13-27-18-6-2-1-5-16(17)18)20-21(19-7-3-4-10-26-19)28(24(31)23(20)30)14-15-8-11-25-12-9-15/h1-13,21,27,29H,14H2/b22-20-. The van der Waals surface area contributed by atoms with Crippen molar-refractivity contribution in [1.82, 2.24) is 19.9 Å². The van der Waals surface area contributed by atoms with Crippen LogP contribution in [0.4, 0.5) is 0 Å². The summed E-state index contributed by atoms with van der Waals surface area (Å²) in [6.45, 7) is 0.193. The minimum absolute atomic E-state index is 0.0301. The summed E-state index contributed by atoms with van der Waals surface area (Å²) in [6, 6.07) is 15.5. The number of aromatic amines is 1. The van der Waals surface area contributed by atoms with Crippen LogP contribution in [0.25, 0.3) is 16.7 Å². The molecule has 0 saturated carbocycles. The molecule has 0 spiro atoms. The highest BCUT2D eigenvalue weighted by atomic mass is 16.3. The Morgan fingerprint density at radius 2 is 1.77 bits per heavy atom. The molecule has 31 heavy (non-hydrogen) atoms. The maximum Gasteiger partial charge on any atom is 0.296 e. The minimum atomic E-state index is -0.803. The van der Waals surface area contributed by atoms with E-state index in [-0.39, 0.29) is 17.9 Å². The van der Waals surface area contributed by atoms with E-state index >= 15 is 0 Å². The van der Waals surface area contributed by atoms with E-state index in [9.17, 15) is 14.7 Å². The van der Waals surface area contributed by atoms with E-state index in [0.29, 0.717) is 11.3 Å². The third-order valence-corrected chi connectivity index (χ3v) is 5.45. The van der Waals surface area contributed by atoms with Gasteiger partial charge in [-0.15, -0.1) is 0 Å². The molecule has 7 nitrogen and oxygen atoms in total. The molecule has 1 unspecified atom stereocenters. The number of carbonyl (C=O) groups excluding carboxylic acids is 2. The third kappa shape index (κ3) is 3.16. The summed E-state index contributed by atoms with van der Waals surface area (Å²) in [5, 5.41) is 12.0. The van der Waals surface area contributed by atoms with Crippen molar-refractivity contribution in [2.24, 2.45) is 0 Å². The van der Waals surface area contributed by atoms with Crippen molar-refractivity contribution in [2.75, 3.05) is 0 Å². The number of fused-ring (bicyclic) bond motifs is 1. The van der Waals surface area contributed by atoms with E-state index < -0.39 is 17.7 Å². The van der Waals surface area contributed by atoms with Gasteiger partial charge in [0.15, 0.2) is 0 Å². The zero-order valence-corrected chi connectivity index (χ0v) is 16.4. The molecule has 1 saturated heterocycles. The molecule has 152 valence electrons. The number of Topliss-reactive ketones (excluding diaryl/α,β-unsaturated/α-hetero) is 1. The van der Waals surface area contributed by atoms with E-state index in [1.54, 1.807) is 55.1 Å². The zero-order chi connectivity index (χ0) is 21.4. The number of benzene rings is 1. The number of nitrogens with zero attached hydrogens (tertiary/aromatic N) is 3. The van der Waals surface area contributed by atoms with E-state index in [1.807, 2.05) is 24.3 Å². The molecule has 0 bridgehead atoms. The Bertz CT molecular complexity index is 1310. The quantitative estimate of drug-likeness (QED) is 0.304. The highest BCUT2D eigenvalue weighted by molar-refractivity contribution is 6.46. The number of hydrogen-bond donors (Lipinski definition) is 2. The summed E-state index contributed by atoms with van der Waals surface area (Å²) in [6.07, 6.45) is 6.51. The number of amides is 1. The number of ketones is 1. The first-order valence-corrected chi connectivity index (χ1v) is 9.80. The van der Waals surface area contributed by atoms with Crippen LogP contribution in [0.2, 0.25) is 0 Å². The Morgan fingerprint density at radius 3 is 2.55 bits per heavy atom. The number of nitrogens with one attached hydrogen (secondary N) is 1. The molecular formula is C24H18N4O3. The number of para-hydroxylation sites is 1. The Balaban J connectivity index is 1.68. The average molecular weight is 410 g/mol. The van der Waals surface area contributed by atoms with E-state index in [1.165, 1.54) is 4.90 Å². The van der Waals surface area contributed by atoms with Crippen molar-refractivity contribution in [3.8, 4) is 0 Å². The molecule has 1 amide bonds. The lowest BCUT2D eigenvalue weighted by Gasteiger charge is -2.24. The van der Waals surface area contributed by atoms with Gasteiger partial charge in [0, 0.05) is 47.8 Å². The predicted octanol–water partition coefficient (Wildman–Crippen LogP) is 3.58. The monoisotopic (exact) mass is 410 g/mol. The van der Waals surface area contributed by atoms with Crippen molar-refractivity contribution < 1.29 is 14.7 Å². The van der Waals surface area contributed by atoms with Crippen LogP contribution in [0.5, 0.6) is 0 Å². The van der Waals surface area contributed by atoms with Crippen molar-refractivity contribution in [3.05, 3.63) is 102 Å². The molecule has 1 aromatic carbocycles. The highest BCUT2D eigenvalue weighted by Crippen LogP contribution is 2.40. The van der Waals surface area contributed by atoms with Gasteiger partial charge in [-0.3, -0.25) is 19.6 Å². The maximum atomic E-state index is 13.1. The third-order valence-electron chi connectivity index (χ3n) is 5.45. The summed E-state index contributed by atoms with van der Waals surface area (Å²) in [5.74, 6) is -1.62. The first-order chi connectivity index (χ1) is 15.1. The van der Waals surface area contributed by atoms with Gasteiger partial charge in [0.1, 0.15) is 11.8 Å². The summed E-state index contributed by atoms with van der Waals surface area (Å²) < 4.78 is 0. The number of rotatable bonds is 4. The number of aliphatic hydroxyl groups excluding tert-OH is 1. The summed E-state index contributed by atoms with van der Waals surface area (Å²) >= 11 is 0. The maximum absolute atomic E-state index is 13.1. The molecule has 0 radical (unpaired) electrons. The van der Waals surface area contributed by atoms with Crippen LogP contribution in [-0.4, -0.2) is 36.6 Å². The van der Waals surface area contributed by atoms with Crippen molar-refractivity contribution in [3.63, 3.8) is 0 Å². The number of carbonyl (C=O) groups is 2. The number of aromatic nitrogens is 3. The molecule has 4 heterocycles. The first kappa shape index (κ1) is 18.7. The molecule has 4 aromatic rings. The van der Waals surface area contributed by atoms with E-state index in [0.717, 1.165) is 16.5 Å². The summed E-state index contributed by atoms with van der Waals surface area (Å²) in [4.78, 5) is 39.1. The van der Waals surface area contributed by atoms with Gasteiger partial charge in [0.05, 0.1) is 11.3 Å². The van der Waals surface area contributed by atoms with Crippen LogP contribution in [0.3, 0.4) is 0 Å². The average Bonchev–Trinajstić information content (AvgIpc) is 3.35. The van der Waals surface area contributed by atoms with Crippen LogP contribution in [0.1, 0.15) is 22.9 Å². The largest absolute Gasteiger partial charge is 0.507 e. The molecule has 7 heteroatoms. The van der Waals surface area contributed by atoms with Crippen molar-refractivity contribution >= 4 is 28.4 Å². The second kappa shape index (κ2) is 7.53. The molecule has 5 rings (SSSR count). The normalized spacial score (nSPS) is 18.1. The second-order valence-corrected chi connectivity index (χ2v) is 7.28. The van der Waals surface area contributed by atoms with E-state index in [4.69, 9.17) is 0 Å². The fraction of sp³-hybridized carbons (Fsp3) is 0.0833. The van der Waals surface area contributed by atoms with Gasteiger partial charge in [-0.25, -0.2) is 0 Å². The fourth-order valence-electron chi connectivity index (χ4n) is 3.99. The van der Waals surface area contributed by atoms with Gasteiger partial charge in [0.2, 0.25) is 0 Å². The zero-order valence-electron chi connectivity index (χ0n) is 16.4. The Morgan fingerprint density at radius 1 is 1.00 bits per heavy atom. The Kier molecular flexibility index (Phi) is 4.55. The smallest absolute Gasteiger partial charge is 0.296 e. The molecule has 3 aromatic heterocycles. The first-order valence-electron chi connectivity index (χ1n) is 9.80. The van der Waals surface area contributed by atoms with Gasteiger partial charge >= 0.3 is 0 Å². The highest BCUT2D eigenvalue weighted by Gasteiger charge is 2.46. The molecule has 2 N–H and O–H groups in total. The lowest BCUT2D eigenvalue weighted by molar-refractivity contribution is -0.140. The lowest BCUT2D eigenvalue weighted by atomic mass is 9.98. The second-order valence-electron chi connectivity index (χ2n) is 7.28. The SMILES string of the molecule is O=C1C(=O)N(Cc2ccncc2)C(c2ccccn2)/C1=C(/O)c1c[nH]c2ccccc12. The van der Waals surface area contributed by atoms with Gasteiger partial charge in [-0.2, -0.15) is 0 Å². The van der Waals surface area contributed by atoms with Crippen LogP contribution in [-0.2, 0) is 16.1 Å². The molecule has 1 aliphatic rings. The number of H-pyrrole nitrogens is 1. The lowest BCUT2D eigenvalue weighted by Crippen LogP contribution is -2.29. The van der Waals surface area contributed by atoms with Crippen LogP contribution in [0, 0.1) is 0 Å². The molecule has 0 aliphatic carbocycles. The number of likely N-dealkylation sites (tertiary alicyclic amines) is 1.